The van der Waals surface area contributed by atoms with Gasteiger partial charge in [0.25, 0.3) is 5.91 Å². The quantitative estimate of drug-likeness (QED) is 0.227. The molecule has 0 unspecified atom stereocenters. The van der Waals surface area contributed by atoms with Crippen LogP contribution in [0, 0.1) is 17.8 Å². The molecule has 47 heavy (non-hydrogen) atoms. The molecular weight excluding hydrogens is 588 g/mol. The van der Waals surface area contributed by atoms with Gasteiger partial charge in [0, 0.05) is 54.3 Å². The molecule has 3 aromatic heterocycles. The van der Waals surface area contributed by atoms with Crippen molar-refractivity contribution < 1.29 is 9.59 Å². The lowest BCUT2D eigenvalue weighted by Crippen LogP contribution is -2.62. The fraction of sp³-hybridized carbons (Fsp3) is 0.486. The van der Waals surface area contributed by atoms with E-state index in [1.54, 1.807) is 12.4 Å². The van der Waals surface area contributed by atoms with Gasteiger partial charge in [0.1, 0.15) is 28.7 Å². The number of rotatable bonds is 6. The summed E-state index contributed by atoms with van der Waals surface area (Å²) < 4.78 is 2.04. The highest BCUT2D eigenvalue weighted by atomic mass is 16.2. The number of carbonyl (C=O) groups is 2. The van der Waals surface area contributed by atoms with Crippen LogP contribution in [0.5, 0.6) is 0 Å². The number of aromatic nitrogens is 4. The van der Waals surface area contributed by atoms with Gasteiger partial charge in [-0.2, -0.15) is 0 Å². The fourth-order valence-corrected chi connectivity index (χ4v) is 9.67. The van der Waals surface area contributed by atoms with Crippen LogP contribution in [0.4, 0.5) is 16.4 Å². The van der Waals surface area contributed by atoms with Crippen LogP contribution in [0.3, 0.4) is 0 Å². The average Bonchev–Trinajstić information content (AvgIpc) is 3.84. The maximum Gasteiger partial charge on any atom is 0.317 e. The highest BCUT2D eigenvalue weighted by Crippen LogP contribution is 2.55. The number of urea groups is 1. The molecule has 0 spiro atoms. The number of anilines is 2. The Kier molecular flexibility index (Phi) is 6.76. The van der Waals surface area contributed by atoms with E-state index in [4.69, 9.17) is 10.7 Å². The van der Waals surface area contributed by atoms with E-state index in [9.17, 15) is 9.59 Å². The average molecular weight is 631 g/mol. The summed E-state index contributed by atoms with van der Waals surface area (Å²) in [7, 11) is 0. The number of hydrogen-bond donors (Lipinski definition) is 3. The summed E-state index contributed by atoms with van der Waals surface area (Å²) in [6.45, 7) is 1.38. The minimum absolute atomic E-state index is 0.00765. The predicted molar refractivity (Wildman–Crippen MR) is 180 cm³/mol. The van der Waals surface area contributed by atoms with E-state index in [1.807, 2.05) is 51.9 Å². The smallest absolute Gasteiger partial charge is 0.317 e. The van der Waals surface area contributed by atoms with E-state index >= 15 is 0 Å². The van der Waals surface area contributed by atoms with Crippen LogP contribution in [0.2, 0.25) is 0 Å². The maximum absolute atomic E-state index is 13.8. The second-order valence-electron chi connectivity index (χ2n) is 15.0. The van der Waals surface area contributed by atoms with Gasteiger partial charge < -0.3 is 21.3 Å². The highest BCUT2D eigenvalue weighted by Gasteiger charge is 2.52. The van der Waals surface area contributed by atoms with Gasteiger partial charge in [-0.15, -0.1) is 0 Å². The van der Waals surface area contributed by atoms with Crippen molar-refractivity contribution in [2.45, 2.75) is 81.6 Å². The number of piperidine rings is 1. The molecule has 0 radical (unpaired) electrons. The third-order valence-corrected chi connectivity index (χ3v) is 11.6. The molecule has 3 amide bonds. The standard InChI is InChI=1S/C37H42N8O2/c38-33-32-31(26-5-7-27(8-6-26)35(46)41-30-17-28(9-10-39-30)25-3-4-25)42-34(45(32)13-11-40-33)29-2-1-12-44(21-29)36(47)43-37-18-22-14-23(19-37)16-24(15-22)20-37/h5-11,13,17,22-25,29H,1-4,12,14-16,18-21H2,(H2,38,40)(H,43,47)(H,39,41,46)/t22?,23?,24?,29-,37?/m1/s1. The Balaban J connectivity index is 0.941. The van der Waals surface area contributed by atoms with Gasteiger partial charge in [0.15, 0.2) is 0 Å². The third-order valence-electron chi connectivity index (χ3n) is 11.6. The molecule has 5 aliphatic carbocycles. The van der Waals surface area contributed by atoms with Gasteiger partial charge in [0.2, 0.25) is 0 Å². The molecule has 10 nitrogen and oxygen atoms in total. The zero-order chi connectivity index (χ0) is 31.7. The van der Waals surface area contributed by atoms with E-state index < -0.39 is 0 Å². The number of nitrogen functional groups attached to an aromatic ring is 1. The minimum atomic E-state index is -0.206. The first-order chi connectivity index (χ1) is 22.9. The van der Waals surface area contributed by atoms with Crippen molar-refractivity contribution in [2.75, 3.05) is 24.1 Å². The summed E-state index contributed by atoms with van der Waals surface area (Å²) in [4.78, 5) is 42.8. The molecule has 242 valence electrons. The monoisotopic (exact) mass is 630 g/mol. The number of nitrogens with one attached hydrogen (secondary N) is 2. The normalized spacial score (nSPS) is 28.0. The lowest BCUT2D eigenvalue weighted by molar-refractivity contribution is -0.0161. The van der Waals surface area contributed by atoms with Gasteiger partial charge >= 0.3 is 6.03 Å². The lowest BCUT2D eigenvalue weighted by Gasteiger charge is -2.57. The zero-order valence-corrected chi connectivity index (χ0v) is 26.7. The van der Waals surface area contributed by atoms with Gasteiger partial charge in [0.05, 0.1) is 0 Å². The molecule has 1 saturated heterocycles. The van der Waals surface area contributed by atoms with Gasteiger partial charge in [-0.25, -0.2) is 19.7 Å². The van der Waals surface area contributed by atoms with Crippen LogP contribution in [0.1, 0.15) is 97.8 Å². The van der Waals surface area contributed by atoms with Gasteiger partial charge in [-0.1, -0.05) is 12.1 Å². The Morgan fingerprint density at radius 1 is 0.894 bits per heavy atom. The van der Waals surface area contributed by atoms with Gasteiger partial charge in [-0.05, 0) is 118 Å². The second-order valence-corrected chi connectivity index (χ2v) is 15.0. The van der Waals surface area contributed by atoms with Crippen molar-refractivity contribution >= 4 is 29.1 Å². The van der Waals surface area contributed by atoms with Gasteiger partial charge in [-0.3, -0.25) is 9.20 Å². The van der Waals surface area contributed by atoms with Crippen LogP contribution in [0.25, 0.3) is 16.8 Å². The first-order valence-corrected chi connectivity index (χ1v) is 17.5. The summed E-state index contributed by atoms with van der Waals surface area (Å²) in [5.41, 5.74) is 10.5. The van der Waals surface area contributed by atoms with Crippen LogP contribution >= 0.6 is 0 Å². The number of nitrogens with zero attached hydrogens (tertiary/aromatic N) is 5. The van der Waals surface area contributed by atoms with Crippen molar-refractivity contribution in [1.29, 1.82) is 0 Å². The third kappa shape index (κ3) is 5.31. The van der Waals surface area contributed by atoms with E-state index in [1.165, 1.54) is 37.7 Å². The maximum atomic E-state index is 13.8. The number of imidazole rings is 1. The summed E-state index contributed by atoms with van der Waals surface area (Å²) >= 11 is 0. The first-order valence-electron chi connectivity index (χ1n) is 17.5. The Morgan fingerprint density at radius 3 is 2.36 bits per heavy atom. The fourth-order valence-electron chi connectivity index (χ4n) is 9.67. The SMILES string of the molecule is Nc1nccn2c([C@@H]3CCCN(C(=O)NC45CC6CC(CC(C6)C4)C5)C3)nc(-c3ccc(C(=O)Nc4cc(C5CC5)ccn4)cc3)c12. The minimum Gasteiger partial charge on any atom is -0.382 e. The molecule has 4 heterocycles. The van der Waals surface area contributed by atoms with Crippen LogP contribution < -0.4 is 16.4 Å². The van der Waals surface area contributed by atoms with Crippen molar-refractivity contribution in [2.24, 2.45) is 17.8 Å². The van der Waals surface area contributed by atoms with E-state index in [2.05, 4.69) is 20.6 Å². The van der Waals surface area contributed by atoms with E-state index in [0.29, 0.717) is 29.7 Å². The lowest BCUT2D eigenvalue weighted by atomic mass is 9.53. The highest BCUT2D eigenvalue weighted by molar-refractivity contribution is 6.04. The number of pyridine rings is 1. The molecule has 10 heteroatoms. The van der Waals surface area contributed by atoms with Crippen molar-refractivity contribution in [3.8, 4) is 11.3 Å². The molecule has 1 aliphatic heterocycles. The number of amides is 3. The summed E-state index contributed by atoms with van der Waals surface area (Å²) in [6, 6.07) is 11.5. The number of nitrogens with two attached hydrogens (primary N) is 1. The van der Waals surface area contributed by atoms with Crippen molar-refractivity contribution in [3.63, 3.8) is 0 Å². The Labute approximate surface area is 274 Å². The number of hydrogen-bond acceptors (Lipinski definition) is 6. The summed E-state index contributed by atoms with van der Waals surface area (Å²) in [6.07, 6.45) is 17.1. The molecule has 6 fully saturated rings. The van der Waals surface area contributed by atoms with Crippen molar-refractivity contribution in [1.82, 2.24) is 29.6 Å². The molecular formula is C37H42N8O2. The molecule has 4 aromatic rings. The van der Waals surface area contributed by atoms with E-state index in [0.717, 1.165) is 79.0 Å². The molecule has 1 atom stereocenters. The topological polar surface area (TPSA) is 131 Å². The zero-order valence-electron chi connectivity index (χ0n) is 26.7. The predicted octanol–water partition coefficient (Wildman–Crippen LogP) is 6.36. The van der Waals surface area contributed by atoms with Crippen LogP contribution in [-0.2, 0) is 0 Å². The Hall–Kier alpha value is -4.47. The largest absolute Gasteiger partial charge is 0.382 e. The molecule has 1 aromatic carbocycles. The molecule has 4 N–H and O–H groups in total. The summed E-state index contributed by atoms with van der Waals surface area (Å²) in [5, 5.41) is 6.52. The van der Waals surface area contributed by atoms with Crippen LogP contribution in [-0.4, -0.2) is 54.8 Å². The first kappa shape index (κ1) is 28.7. The number of benzene rings is 1. The Bertz CT molecular complexity index is 1830. The second kappa shape index (κ2) is 11.1. The number of fused-ring (bicyclic) bond motifs is 1. The molecule has 4 bridgehead atoms. The van der Waals surface area contributed by atoms with E-state index in [-0.39, 0.29) is 23.4 Å². The van der Waals surface area contributed by atoms with Crippen molar-refractivity contribution in [3.05, 3.63) is 71.9 Å². The molecule has 10 rings (SSSR count). The number of likely N-dealkylation sites (tertiary alicyclic amines) is 1. The Morgan fingerprint density at radius 2 is 1.64 bits per heavy atom. The molecule has 6 aliphatic rings. The summed E-state index contributed by atoms with van der Waals surface area (Å²) in [5.74, 6) is 4.67. The van der Waals surface area contributed by atoms with Crippen LogP contribution in [0.15, 0.2) is 55.0 Å². The molecule has 5 saturated carbocycles. The number of carbonyl (C=O) groups excluding carboxylic acids is 2.